The van der Waals surface area contributed by atoms with E-state index in [2.05, 4.69) is 4.37 Å². The van der Waals surface area contributed by atoms with E-state index in [4.69, 9.17) is 9.47 Å². The summed E-state index contributed by atoms with van der Waals surface area (Å²) in [6, 6.07) is 13.4. The molecular formula is C26H26FNO4S. The molecule has 1 aliphatic carbocycles. The number of aromatic nitrogens is 1. The number of halogens is 1. The molecule has 0 spiro atoms. The molecule has 1 heterocycles. The highest BCUT2D eigenvalue weighted by Crippen LogP contribution is 2.34. The second kappa shape index (κ2) is 9.06. The number of ether oxygens (including phenoxy) is 2. The second-order valence-corrected chi connectivity index (χ2v) is 10.1. The second-order valence-electron chi connectivity index (χ2n) is 9.23. The molecule has 33 heavy (non-hydrogen) atoms. The van der Waals surface area contributed by atoms with Crippen LogP contribution in [0.4, 0.5) is 4.39 Å². The maximum absolute atomic E-state index is 14.6. The van der Waals surface area contributed by atoms with Crippen LogP contribution in [0.15, 0.2) is 48.5 Å². The Balaban J connectivity index is 1.43. The van der Waals surface area contributed by atoms with Crippen molar-refractivity contribution in [2.75, 3.05) is 0 Å². The number of carbonyl (C=O) groups excluding carboxylic acids is 2. The van der Waals surface area contributed by atoms with Crippen molar-refractivity contribution in [1.82, 2.24) is 4.37 Å². The van der Waals surface area contributed by atoms with E-state index in [1.54, 1.807) is 51.1 Å². The van der Waals surface area contributed by atoms with E-state index in [1.807, 2.05) is 13.0 Å². The number of esters is 1. The Morgan fingerprint density at radius 3 is 2.39 bits per heavy atom. The maximum Gasteiger partial charge on any atom is 0.341 e. The van der Waals surface area contributed by atoms with Gasteiger partial charge in [-0.05, 0) is 94.5 Å². The lowest BCUT2D eigenvalue weighted by molar-refractivity contribution is 0.00646. The zero-order valence-electron chi connectivity index (χ0n) is 19.1. The highest BCUT2D eigenvalue weighted by atomic mass is 32.1. The Morgan fingerprint density at radius 2 is 1.79 bits per heavy atom. The Labute approximate surface area is 196 Å². The summed E-state index contributed by atoms with van der Waals surface area (Å²) in [6.45, 7) is 7.12. The highest BCUT2D eigenvalue weighted by molar-refractivity contribution is 7.06. The third kappa shape index (κ3) is 5.66. The number of rotatable bonds is 7. The third-order valence-electron chi connectivity index (χ3n) is 5.21. The van der Waals surface area contributed by atoms with E-state index < -0.39 is 17.4 Å². The van der Waals surface area contributed by atoms with Crippen molar-refractivity contribution in [3.8, 4) is 17.0 Å². The van der Waals surface area contributed by atoms with Gasteiger partial charge in [0.05, 0.1) is 16.1 Å². The first-order chi connectivity index (χ1) is 15.6. The molecule has 1 aromatic heterocycles. The van der Waals surface area contributed by atoms with Gasteiger partial charge in [0.2, 0.25) is 0 Å². The molecule has 1 unspecified atom stereocenters. The van der Waals surface area contributed by atoms with E-state index in [0.717, 1.165) is 23.3 Å². The average molecular weight is 468 g/mol. The number of nitrogens with zero attached hydrogens (tertiary/aromatic N) is 1. The zero-order valence-corrected chi connectivity index (χ0v) is 19.9. The molecule has 0 bridgehead atoms. The fourth-order valence-corrected chi connectivity index (χ4v) is 4.05. The Bertz CT molecular complexity index is 1180. The predicted octanol–water partition coefficient (Wildman–Crippen LogP) is 6.64. The quantitative estimate of drug-likeness (QED) is 0.288. The lowest BCUT2D eigenvalue weighted by Gasteiger charge is -2.19. The summed E-state index contributed by atoms with van der Waals surface area (Å²) >= 11 is 1.27. The van der Waals surface area contributed by atoms with Gasteiger partial charge in [-0.1, -0.05) is 6.07 Å². The molecule has 0 amide bonds. The van der Waals surface area contributed by atoms with Gasteiger partial charge in [0.25, 0.3) is 0 Å². The van der Waals surface area contributed by atoms with E-state index in [1.165, 1.54) is 23.7 Å². The van der Waals surface area contributed by atoms with E-state index in [0.29, 0.717) is 17.0 Å². The van der Waals surface area contributed by atoms with Crippen LogP contribution in [0.3, 0.4) is 0 Å². The minimum atomic E-state index is -0.699. The van der Waals surface area contributed by atoms with Crippen LogP contribution in [0.25, 0.3) is 11.3 Å². The predicted molar refractivity (Wildman–Crippen MR) is 125 cm³/mol. The van der Waals surface area contributed by atoms with Gasteiger partial charge < -0.3 is 9.47 Å². The molecule has 172 valence electrons. The first kappa shape index (κ1) is 23.1. The summed E-state index contributed by atoms with van der Waals surface area (Å²) < 4.78 is 30.3. The van der Waals surface area contributed by atoms with E-state index >= 15 is 0 Å². The molecule has 0 aliphatic heterocycles. The summed E-state index contributed by atoms with van der Waals surface area (Å²) in [5.41, 5.74) is 1.08. The summed E-state index contributed by atoms with van der Waals surface area (Å²) in [7, 11) is 0. The largest absolute Gasteiger partial charge is 0.485 e. The van der Waals surface area contributed by atoms with Crippen molar-refractivity contribution >= 4 is 23.3 Å². The first-order valence-electron chi connectivity index (χ1n) is 10.9. The van der Waals surface area contributed by atoms with Crippen LogP contribution in [0, 0.1) is 11.7 Å². The lowest BCUT2D eigenvalue weighted by Crippen LogP contribution is -2.24. The Kier molecular flexibility index (Phi) is 6.34. The van der Waals surface area contributed by atoms with Crippen LogP contribution < -0.4 is 4.74 Å². The van der Waals surface area contributed by atoms with Crippen LogP contribution in [0.5, 0.6) is 5.75 Å². The van der Waals surface area contributed by atoms with Crippen molar-refractivity contribution < 1.29 is 23.5 Å². The molecule has 3 aromatic rings. The molecule has 1 saturated carbocycles. The van der Waals surface area contributed by atoms with Gasteiger partial charge in [0.15, 0.2) is 5.78 Å². The highest BCUT2D eigenvalue weighted by Gasteiger charge is 2.30. The molecule has 4 rings (SSSR count). The first-order valence-corrected chi connectivity index (χ1v) is 11.7. The standard InChI is InChI=1S/C26H26FNO4S/c1-15(31-19-10-7-17(8-11-19)24(29)16-5-6-16)23-14-22(28-33-23)18-9-12-20(21(27)13-18)25(30)32-26(2,3)4/h7-16H,5-6H2,1-4H3. The molecule has 0 saturated heterocycles. The minimum Gasteiger partial charge on any atom is -0.485 e. The monoisotopic (exact) mass is 467 g/mol. The molecule has 7 heteroatoms. The van der Waals surface area contributed by atoms with Gasteiger partial charge in [-0.3, -0.25) is 4.79 Å². The summed E-state index contributed by atoms with van der Waals surface area (Å²) in [5.74, 6) is -0.294. The Morgan fingerprint density at radius 1 is 1.09 bits per heavy atom. The molecule has 1 aliphatic rings. The molecule has 1 fully saturated rings. The SMILES string of the molecule is CC(Oc1ccc(C(=O)C2CC2)cc1)c1cc(-c2ccc(C(=O)OC(C)(C)C)c(F)c2)ns1. The van der Waals surface area contributed by atoms with Crippen molar-refractivity contribution in [3.63, 3.8) is 0 Å². The van der Waals surface area contributed by atoms with Gasteiger partial charge >= 0.3 is 5.97 Å². The van der Waals surface area contributed by atoms with Crippen LogP contribution in [0.1, 0.15) is 72.2 Å². The molecular weight excluding hydrogens is 441 g/mol. The van der Waals surface area contributed by atoms with Gasteiger partial charge in [0.1, 0.15) is 23.3 Å². The number of carbonyl (C=O) groups is 2. The van der Waals surface area contributed by atoms with Crippen molar-refractivity contribution in [2.24, 2.45) is 5.92 Å². The fraction of sp³-hybridized carbons (Fsp3) is 0.346. The van der Waals surface area contributed by atoms with Crippen LogP contribution >= 0.6 is 11.5 Å². The van der Waals surface area contributed by atoms with Gasteiger partial charge in [0, 0.05) is 17.0 Å². The van der Waals surface area contributed by atoms with E-state index in [9.17, 15) is 14.0 Å². The van der Waals surface area contributed by atoms with Gasteiger partial charge in [-0.2, -0.15) is 4.37 Å². The number of benzene rings is 2. The molecule has 2 aromatic carbocycles. The van der Waals surface area contributed by atoms with Crippen LogP contribution in [-0.4, -0.2) is 21.7 Å². The number of ketones is 1. The van der Waals surface area contributed by atoms with E-state index in [-0.39, 0.29) is 23.4 Å². The summed E-state index contributed by atoms with van der Waals surface area (Å²) in [6.07, 6.45) is 1.69. The smallest absolute Gasteiger partial charge is 0.341 e. The lowest BCUT2D eigenvalue weighted by atomic mass is 10.1. The van der Waals surface area contributed by atoms with Crippen molar-refractivity contribution in [3.05, 3.63) is 70.4 Å². The third-order valence-corrected chi connectivity index (χ3v) is 6.16. The van der Waals surface area contributed by atoms with Crippen molar-refractivity contribution in [2.45, 2.75) is 52.2 Å². The fourth-order valence-electron chi connectivity index (χ4n) is 3.33. The molecule has 0 radical (unpaired) electrons. The molecule has 5 nitrogen and oxygen atoms in total. The molecule has 0 N–H and O–H groups in total. The zero-order chi connectivity index (χ0) is 23.8. The van der Waals surface area contributed by atoms with Crippen LogP contribution in [0.2, 0.25) is 0 Å². The number of hydrogen-bond acceptors (Lipinski definition) is 6. The normalized spacial score (nSPS) is 14.6. The Hall–Kier alpha value is -3.06. The summed E-state index contributed by atoms with van der Waals surface area (Å²) in [5, 5.41) is 0. The van der Waals surface area contributed by atoms with Crippen LogP contribution in [-0.2, 0) is 4.74 Å². The number of hydrogen-bond donors (Lipinski definition) is 0. The van der Waals surface area contributed by atoms with Gasteiger partial charge in [-0.15, -0.1) is 0 Å². The molecule has 1 atom stereocenters. The maximum atomic E-state index is 14.6. The topological polar surface area (TPSA) is 65.5 Å². The summed E-state index contributed by atoms with van der Waals surface area (Å²) in [4.78, 5) is 25.2. The van der Waals surface area contributed by atoms with Crippen molar-refractivity contribution in [1.29, 1.82) is 0 Å². The minimum absolute atomic E-state index is 0.107. The van der Waals surface area contributed by atoms with Gasteiger partial charge in [-0.25, -0.2) is 9.18 Å². The average Bonchev–Trinajstić information content (AvgIpc) is 3.48. The number of Topliss-reactive ketones (excluding diaryl/α,β-unsaturated/α-hetero) is 1.